The Hall–Kier alpha value is -2.34. The summed E-state index contributed by atoms with van der Waals surface area (Å²) in [4.78, 5) is 27.1. The van der Waals surface area contributed by atoms with Crippen LogP contribution < -0.4 is 10.2 Å². The number of rotatable bonds is 5. The van der Waals surface area contributed by atoms with Crippen LogP contribution >= 0.6 is 0 Å². The SMILES string of the molecule is CCOC(=O)c1c[nH]c2cc(COC)c(OC)cc2c1=O. The molecular formula is C15H17NO5. The van der Waals surface area contributed by atoms with Crippen molar-refractivity contribution >= 4 is 16.9 Å². The summed E-state index contributed by atoms with van der Waals surface area (Å²) in [5.41, 5.74) is 1.02. The fourth-order valence-electron chi connectivity index (χ4n) is 2.11. The van der Waals surface area contributed by atoms with E-state index in [1.165, 1.54) is 13.3 Å². The number of hydrogen-bond acceptors (Lipinski definition) is 5. The van der Waals surface area contributed by atoms with Gasteiger partial charge in [0.1, 0.15) is 11.3 Å². The average molecular weight is 291 g/mol. The van der Waals surface area contributed by atoms with Crippen molar-refractivity contribution in [1.82, 2.24) is 4.98 Å². The number of carbonyl (C=O) groups is 1. The van der Waals surface area contributed by atoms with Gasteiger partial charge in [-0.1, -0.05) is 0 Å². The van der Waals surface area contributed by atoms with Gasteiger partial charge in [-0.3, -0.25) is 4.79 Å². The summed E-state index contributed by atoms with van der Waals surface area (Å²) >= 11 is 0. The summed E-state index contributed by atoms with van der Waals surface area (Å²) in [6.07, 6.45) is 1.37. The summed E-state index contributed by atoms with van der Waals surface area (Å²) in [5.74, 6) is -0.101. The Balaban J connectivity index is 2.62. The van der Waals surface area contributed by atoms with Gasteiger partial charge in [0.2, 0.25) is 5.43 Å². The minimum atomic E-state index is -0.638. The standard InChI is InChI=1S/C15H17NO5/c1-4-21-15(18)11-7-16-12-5-9(8-19-2)13(20-3)6-10(12)14(11)17/h5-7H,4,8H2,1-3H3,(H,16,17). The van der Waals surface area contributed by atoms with Gasteiger partial charge in [-0.25, -0.2) is 4.79 Å². The van der Waals surface area contributed by atoms with Gasteiger partial charge in [-0.05, 0) is 19.1 Å². The third-order valence-electron chi connectivity index (χ3n) is 3.08. The van der Waals surface area contributed by atoms with E-state index in [4.69, 9.17) is 14.2 Å². The normalized spacial score (nSPS) is 10.6. The maximum atomic E-state index is 12.4. The highest BCUT2D eigenvalue weighted by atomic mass is 16.5. The smallest absolute Gasteiger partial charge is 0.343 e. The summed E-state index contributed by atoms with van der Waals surface area (Å²) in [5, 5.41) is 0.372. The van der Waals surface area contributed by atoms with Crippen LogP contribution in [0.3, 0.4) is 0 Å². The first-order valence-corrected chi connectivity index (χ1v) is 6.50. The molecule has 21 heavy (non-hydrogen) atoms. The predicted molar refractivity (Wildman–Crippen MR) is 77.8 cm³/mol. The van der Waals surface area contributed by atoms with Gasteiger partial charge in [0.05, 0.1) is 25.7 Å². The molecular weight excluding hydrogens is 274 g/mol. The van der Waals surface area contributed by atoms with Crippen LogP contribution in [0.1, 0.15) is 22.8 Å². The molecule has 6 heteroatoms. The van der Waals surface area contributed by atoms with Gasteiger partial charge in [-0.15, -0.1) is 0 Å². The third kappa shape index (κ3) is 2.90. The van der Waals surface area contributed by atoms with Crippen LogP contribution in [0.5, 0.6) is 5.75 Å². The number of fused-ring (bicyclic) bond motifs is 1. The van der Waals surface area contributed by atoms with Crippen LogP contribution in [0.25, 0.3) is 10.9 Å². The van der Waals surface area contributed by atoms with Gasteiger partial charge in [0.25, 0.3) is 0 Å². The van der Waals surface area contributed by atoms with Gasteiger partial charge < -0.3 is 19.2 Å². The lowest BCUT2D eigenvalue weighted by molar-refractivity contribution is 0.0524. The van der Waals surface area contributed by atoms with E-state index in [-0.39, 0.29) is 17.6 Å². The van der Waals surface area contributed by atoms with Crippen molar-refractivity contribution in [2.45, 2.75) is 13.5 Å². The number of ether oxygens (including phenoxy) is 3. The number of esters is 1. The molecule has 0 spiro atoms. The molecule has 1 aromatic carbocycles. The number of carbonyl (C=O) groups excluding carboxylic acids is 1. The number of nitrogens with one attached hydrogen (secondary N) is 1. The molecule has 0 saturated carbocycles. The molecule has 0 fully saturated rings. The largest absolute Gasteiger partial charge is 0.496 e. The highest BCUT2D eigenvalue weighted by Crippen LogP contribution is 2.24. The Kier molecular flexibility index (Phi) is 4.59. The maximum absolute atomic E-state index is 12.4. The molecule has 0 bridgehead atoms. The monoisotopic (exact) mass is 291 g/mol. The van der Waals surface area contributed by atoms with E-state index in [2.05, 4.69) is 4.98 Å². The second-order valence-corrected chi connectivity index (χ2v) is 4.39. The Bertz CT molecular complexity index is 720. The molecule has 1 N–H and O–H groups in total. The number of aromatic nitrogens is 1. The quantitative estimate of drug-likeness (QED) is 0.851. The van der Waals surface area contributed by atoms with Crippen molar-refractivity contribution in [1.29, 1.82) is 0 Å². The second-order valence-electron chi connectivity index (χ2n) is 4.39. The molecule has 0 amide bonds. The van der Waals surface area contributed by atoms with Crippen molar-refractivity contribution < 1.29 is 19.0 Å². The number of methoxy groups -OCH3 is 2. The minimum Gasteiger partial charge on any atom is -0.496 e. The average Bonchev–Trinajstić information content (AvgIpc) is 2.47. The molecule has 0 aliphatic rings. The lowest BCUT2D eigenvalue weighted by Crippen LogP contribution is -2.18. The molecule has 0 unspecified atom stereocenters. The number of pyridine rings is 1. The van der Waals surface area contributed by atoms with Gasteiger partial charge in [0.15, 0.2) is 0 Å². The Morgan fingerprint density at radius 1 is 1.29 bits per heavy atom. The van der Waals surface area contributed by atoms with Crippen molar-refractivity contribution in [3.05, 3.63) is 39.7 Å². The van der Waals surface area contributed by atoms with Crippen molar-refractivity contribution in [2.24, 2.45) is 0 Å². The lowest BCUT2D eigenvalue weighted by Gasteiger charge is -2.10. The number of aromatic amines is 1. The first-order chi connectivity index (χ1) is 10.1. The Morgan fingerprint density at radius 2 is 2.05 bits per heavy atom. The second kappa shape index (κ2) is 6.41. The molecule has 1 aromatic heterocycles. The zero-order chi connectivity index (χ0) is 15.4. The van der Waals surface area contributed by atoms with Crippen molar-refractivity contribution in [2.75, 3.05) is 20.8 Å². The van der Waals surface area contributed by atoms with Crippen LogP contribution in [0.15, 0.2) is 23.1 Å². The third-order valence-corrected chi connectivity index (χ3v) is 3.08. The molecule has 112 valence electrons. The Morgan fingerprint density at radius 3 is 2.67 bits per heavy atom. The molecule has 0 saturated heterocycles. The fourth-order valence-corrected chi connectivity index (χ4v) is 2.11. The van der Waals surface area contributed by atoms with Crippen LogP contribution in [0, 0.1) is 0 Å². The van der Waals surface area contributed by atoms with Crippen LogP contribution in [0.4, 0.5) is 0 Å². The van der Waals surface area contributed by atoms with Crippen LogP contribution in [0.2, 0.25) is 0 Å². The van der Waals surface area contributed by atoms with Gasteiger partial charge in [-0.2, -0.15) is 0 Å². The van der Waals surface area contributed by atoms with E-state index in [9.17, 15) is 9.59 Å². The zero-order valence-electron chi connectivity index (χ0n) is 12.2. The van der Waals surface area contributed by atoms with Crippen LogP contribution in [-0.2, 0) is 16.1 Å². The molecule has 2 aromatic rings. The van der Waals surface area contributed by atoms with E-state index in [0.717, 1.165) is 5.56 Å². The first-order valence-electron chi connectivity index (χ1n) is 6.50. The molecule has 0 aliphatic heterocycles. The van der Waals surface area contributed by atoms with E-state index in [1.54, 1.807) is 26.2 Å². The van der Waals surface area contributed by atoms with Crippen molar-refractivity contribution in [3.63, 3.8) is 0 Å². The summed E-state index contributed by atoms with van der Waals surface area (Å²) in [7, 11) is 3.10. The molecule has 6 nitrogen and oxygen atoms in total. The van der Waals surface area contributed by atoms with E-state index in [0.29, 0.717) is 23.3 Å². The summed E-state index contributed by atoms with van der Waals surface area (Å²) in [6, 6.07) is 3.37. The summed E-state index contributed by atoms with van der Waals surface area (Å²) < 4.78 is 15.2. The molecule has 1 heterocycles. The minimum absolute atomic E-state index is 0.0223. The van der Waals surface area contributed by atoms with E-state index >= 15 is 0 Å². The number of H-pyrrole nitrogens is 1. The maximum Gasteiger partial charge on any atom is 0.343 e. The fraction of sp³-hybridized carbons (Fsp3) is 0.333. The predicted octanol–water partition coefficient (Wildman–Crippen LogP) is 1.86. The highest BCUT2D eigenvalue weighted by molar-refractivity contribution is 5.94. The molecule has 0 atom stereocenters. The topological polar surface area (TPSA) is 77.6 Å². The van der Waals surface area contributed by atoms with E-state index < -0.39 is 5.97 Å². The molecule has 0 aliphatic carbocycles. The molecule has 2 rings (SSSR count). The van der Waals surface area contributed by atoms with Crippen molar-refractivity contribution in [3.8, 4) is 5.75 Å². The van der Waals surface area contributed by atoms with E-state index in [1.807, 2.05) is 0 Å². The first kappa shape index (κ1) is 15.1. The summed E-state index contributed by atoms with van der Waals surface area (Å²) in [6.45, 7) is 2.26. The van der Waals surface area contributed by atoms with Crippen LogP contribution in [-0.4, -0.2) is 31.8 Å². The number of hydrogen-bond donors (Lipinski definition) is 1. The lowest BCUT2D eigenvalue weighted by atomic mass is 10.1. The van der Waals surface area contributed by atoms with Gasteiger partial charge >= 0.3 is 5.97 Å². The molecule has 0 radical (unpaired) electrons. The zero-order valence-corrected chi connectivity index (χ0v) is 12.2. The van der Waals surface area contributed by atoms with Gasteiger partial charge in [0, 0.05) is 24.4 Å². The highest BCUT2D eigenvalue weighted by Gasteiger charge is 2.15. The Labute approximate surface area is 121 Å². The number of benzene rings is 1.